The molecule has 3 aromatic heterocycles. The minimum Gasteiger partial charge on any atom is -0.357 e. The van der Waals surface area contributed by atoms with Crippen LogP contribution in [-0.4, -0.2) is 39.5 Å². The number of anilines is 3. The molecule has 0 radical (unpaired) electrons. The highest BCUT2D eigenvalue weighted by atomic mass is 32.2. The number of nitrogens with zero attached hydrogens (tertiary/aromatic N) is 3. The molecular weight excluding hydrogens is 461 g/mol. The van der Waals surface area contributed by atoms with Gasteiger partial charge in [-0.25, -0.2) is 22.8 Å². The van der Waals surface area contributed by atoms with E-state index in [1.807, 2.05) is 0 Å². The first kappa shape index (κ1) is 21.3. The van der Waals surface area contributed by atoms with Crippen molar-refractivity contribution in [2.24, 2.45) is 0 Å². The van der Waals surface area contributed by atoms with Crippen molar-refractivity contribution < 1.29 is 17.6 Å². The van der Waals surface area contributed by atoms with E-state index in [4.69, 9.17) is 0 Å². The molecule has 1 amide bonds. The van der Waals surface area contributed by atoms with Gasteiger partial charge in [-0.1, -0.05) is 6.07 Å². The topological polar surface area (TPSA) is 146 Å². The Kier molecular flexibility index (Phi) is 5.26. The summed E-state index contributed by atoms with van der Waals surface area (Å²) in [5.74, 6) is -0.438. The Bertz CT molecular complexity index is 1610. The van der Waals surface area contributed by atoms with Crippen molar-refractivity contribution in [3.8, 4) is 0 Å². The second-order valence-electron chi connectivity index (χ2n) is 7.16. The van der Waals surface area contributed by atoms with E-state index in [0.717, 1.165) is 6.07 Å². The standard InChI is InChI=1S/C22H16FN7O3S/c23-13-3-1-4-14(11-13)34(32,33)15-6-7-17-16(12-15)19(30-29-17)27-20-21(26-10-9-25-20)28-22(31)18-5-2-8-24-18/h1-12,24H,(H,26,28,31)(H2,25,27,29,30). The molecule has 0 aliphatic heterocycles. The number of aromatic amines is 2. The van der Waals surface area contributed by atoms with Gasteiger partial charge in [0.1, 0.15) is 11.5 Å². The summed E-state index contributed by atoms with van der Waals surface area (Å²) in [6.07, 6.45) is 4.47. The summed E-state index contributed by atoms with van der Waals surface area (Å²) in [4.78, 5) is 23.4. The average molecular weight is 477 g/mol. The van der Waals surface area contributed by atoms with E-state index in [1.165, 1.54) is 42.7 Å². The van der Waals surface area contributed by atoms with Crippen LogP contribution >= 0.6 is 0 Å². The third-order valence-corrected chi connectivity index (χ3v) is 6.71. The average Bonchev–Trinajstić information content (AvgIpc) is 3.51. The lowest BCUT2D eigenvalue weighted by molar-refractivity contribution is 0.102. The van der Waals surface area contributed by atoms with Crippen LogP contribution in [0.3, 0.4) is 0 Å². The lowest BCUT2D eigenvalue weighted by atomic mass is 10.2. The van der Waals surface area contributed by atoms with Crippen LogP contribution in [-0.2, 0) is 9.84 Å². The molecule has 3 heterocycles. The number of amides is 1. The van der Waals surface area contributed by atoms with Gasteiger partial charge in [0.05, 0.1) is 15.3 Å². The van der Waals surface area contributed by atoms with E-state index >= 15 is 0 Å². The maximum atomic E-state index is 13.6. The monoisotopic (exact) mass is 477 g/mol. The summed E-state index contributed by atoms with van der Waals surface area (Å²) in [7, 11) is -3.97. The first-order valence-electron chi connectivity index (χ1n) is 9.93. The molecule has 5 rings (SSSR count). The molecule has 0 fully saturated rings. The Hall–Kier alpha value is -4.58. The van der Waals surface area contributed by atoms with Gasteiger partial charge in [0.25, 0.3) is 5.91 Å². The van der Waals surface area contributed by atoms with Crippen molar-refractivity contribution in [2.75, 3.05) is 10.6 Å². The minimum absolute atomic E-state index is 0.0329. The first-order chi connectivity index (χ1) is 16.4. The van der Waals surface area contributed by atoms with Crippen LogP contribution < -0.4 is 10.6 Å². The van der Waals surface area contributed by atoms with Crippen LogP contribution in [0.4, 0.5) is 21.8 Å². The van der Waals surface area contributed by atoms with E-state index in [0.29, 0.717) is 16.6 Å². The van der Waals surface area contributed by atoms with E-state index < -0.39 is 21.6 Å². The molecule has 2 aromatic carbocycles. The van der Waals surface area contributed by atoms with Gasteiger partial charge in [0.15, 0.2) is 17.5 Å². The molecular formula is C22H16FN7O3S. The summed E-state index contributed by atoms with van der Waals surface area (Å²) in [5.41, 5.74) is 0.899. The molecule has 170 valence electrons. The highest BCUT2D eigenvalue weighted by molar-refractivity contribution is 7.91. The van der Waals surface area contributed by atoms with Gasteiger partial charge >= 0.3 is 0 Å². The van der Waals surface area contributed by atoms with Crippen LogP contribution in [0.15, 0.2) is 83.0 Å². The Morgan fingerprint density at radius 2 is 1.71 bits per heavy atom. The number of carbonyl (C=O) groups is 1. The largest absolute Gasteiger partial charge is 0.357 e. The molecule has 0 spiro atoms. The number of benzene rings is 2. The van der Waals surface area contributed by atoms with Gasteiger partial charge in [-0.3, -0.25) is 9.89 Å². The van der Waals surface area contributed by atoms with Crippen molar-refractivity contribution in [3.63, 3.8) is 0 Å². The van der Waals surface area contributed by atoms with Gasteiger partial charge in [-0.05, 0) is 48.5 Å². The molecule has 0 bridgehead atoms. The van der Waals surface area contributed by atoms with Gasteiger partial charge < -0.3 is 15.6 Å². The van der Waals surface area contributed by atoms with E-state index in [-0.39, 0.29) is 27.2 Å². The number of hydrogen-bond acceptors (Lipinski definition) is 7. The fourth-order valence-corrected chi connectivity index (χ4v) is 4.62. The molecule has 0 aliphatic rings. The molecule has 4 N–H and O–H groups in total. The molecule has 5 aromatic rings. The lowest BCUT2D eigenvalue weighted by Crippen LogP contribution is -2.15. The number of aromatic nitrogens is 5. The van der Waals surface area contributed by atoms with Crippen LogP contribution in [0.5, 0.6) is 0 Å². The zero-order chi connectivity index (χ0) is 23.7. The van der Waals surface area contributed by atoms with E-state index in [9.17, 15) is 17.6 Å². The number of nitrogens with one attached hydrogen (secondary N) is 4. The number of sulfone groups is 1. The Morgan fingerprint density at radius 1 is 0.912 bits per heavy atom. The summed E-state index contributed by atoms with van der Waals surface area (Å²) < 4.78 is 39.6. The quantitative estimate of drug-likeness (QED) is 0.292. The van der Waals surface area contributed by atoms with Gasteiger partial charge in [0.2, 0.25) is 9.84 Å². The summed E-state index contributed by atoms with van der Waals surface area (Å²) in [6, 6.07) is 12.5. The lowest BCUT2D eigenvalue weighted by Gasteiger charge is -2.09. The maximum Gasteiger partial charge on any atom is 0.273 e. The highest BCUT2D eigenvalue weighted by Crippen LogP contribution is 2.30. The molecule has 0 aliphatic carbocycles. The zero-order valence-electron chi connectivity index (χ0n) is 17.3. The number of fused-ring (bicyclic) bond motifs is 1. The van der Waals surface area contributed by atoms with Gasteiger partial charge in [0, 0.05) is 24.0 Å². The minimum atomic E-state index is -3.97. The first-order valence-corrected chi connectivity index (χ1v) is 11.4. The fraction of sp³-hybridized carbons (Fsp3) is 0. The summed E-state index contributed by atoms with van der Waals surface area (Å²) >= 11 is 0. The third kappa shape index (κ3) is 3.97. The second-order valence-corrected chi connectivity index (χ2v) is 9.11. The SMILES string of the molecule is O=C(Nc1nccnc1Nc1n[nH]c2ccc(S(=O)(=O)c3cccc(F)c3)cc12)c1ccc[nH]1. The Morgan fingerprint density at radius 3 is 2.47 bits per heavy atom. The number of carbonyl (C=O) groups excluding carboxylic acids is 1. The molecule has 34 heavy (non-hydrogen) atoms. The second kappa shape index (κ2) is 8.41. The van der Waals surface area contributed by atoms with Gasteiger partial charge in [-0.2, -0.15) is 5.10 Å². The van der Waals surface area contributed by atoms with E-state index in [2.05, 4.69) is 35.8 Å². The third-order valence-electron chi connectivity index (χ3n) is 4.96. The van der Waals surface area contributed by atoms with Crippen molar-refractivity contribution in [1.29, 1.82) is 0 Å². The van der Waals surface area contributed by atoms with Crippen LogP contribution in [0.1, 0.15) is 10.5 Å². The Balaban J connectivity index is 1.49. The number of H-pyrrole nitrogens is 2. The number of rotatable bonds is 6. The van der Waals surface area contributed by atoms with E-state index in [1.54, 1.807) is 24.4 Å². The van der Waals surface area contributed by atoms with Crippen LogP contribution in [0.2, 0.25) is 0 Å². The van der Waals surface area contributed by atoms with Crippen molar-refractivity contribution in [2.45, 2.75) is 9.79 Å². The summed E-state index contributed by atoms with van der Waals surface area (Å²) in [6.45, 7) is 0. The fourth-order valence-electron chi connectivity index (χ4n) is 3.31. The van der Waals surface area contributed by atoms with Crippen LogP contribution in [0, 0.1) is 5.82 Å². The molecule has 0 saturated heterocycles. The molecule has 0 saturated carbocycles. The molecule has 10 nitrogen and oxygen atoms in total. The normalized spacial score (nSPS) is 11.4. The van der Waals surface area contributed by atoms with Crippen molar-refractivity contribution >= 4 is 44.1 Å². The van der Waals surface area contributed by atoms with Crippen molar-refractivity contribution in [3.05, 3.63) is 84.7 Å². The number of hydrogen-bond donors (Lipinski definition) is 4. The van der Waals surface area contributed by atoms with Gasteiger partial charge in [-0.15, -0.1) is 0 Å². The maximum absolute atomic E-state index is 13.6. The Labute approximate surface area is 192 Å². The van der Waals surface area contributed by atoms with Crippen LogP contribution in [0.25, 0.3) is 10.9 Å². The highest BCUT2D eigenvalue weighted by Gasteiger charge is 2.21. The predicted octanol–water partition coefficient (Wildman–Crippen LogP) is 3.65. The molecule has 12 heteroatoms. The zero-order valence-corrected chi connectivity index (χ0v) is 18.1. The smallest absolute Gasteiger partial charge is 0.273 e. The molecule has 0 atom stereocenters. The summed E-state index contributed by atoms with van der Waals surface area (Å²) in [5, 5.41) is 13.1. The number of halogens is 1. The predicted molar refractivity (Wildman–Crippen MR) is 122 cm³/mol. The molecule has 0 unspecified atom stereocenters. The van der Waals surface area contributed by atoms with Crippen molar-refractivity contribution in [1.82, 2.24) is 25.1 Å².